The number of benzene rings is 4. The fourth-order valence-corrected chi connectivity index (χ4v) is 16.9. The summed E-state index contributed by atoms with van der Waals surface area (Å²) >= 11 is 0. The monoisotopic (exact) mass is 1430 g/mol. The third-order valence-electron chi connectivity index (χ3n) is 23.2. The van der Waals surface area contributed by atoms with Crippen molar-refractivity contribution in [3.8, 4) is 46.0 Å². The summed E-state index contributed by atoms with van der Waals surface area (Å²) in [5.74, 6) is 8.35. The van der Waals surface area contributed by atoms with Crippen molar-refractivity contribution >= 4 is 0 Å². The highest BCUT2D eigenvalue weighted by atomic mass is 16.3. The van der Waals surface area contributed by atoms with Crippen LogP contribution in [0.25, 0.3) is 0 Å². The van der Waals surface area contributed by atoms with Crippen LogP contribution in [-0.2, 0) is 25.7 Å². The summed E-state index contributed by atoms with van der Waals surface area (Å²) in [5, 5.41) is 83.3. The number of phenolic OH excluding ortho intramolecular Hbond substituents is 8. The molecule has 104 heavy (non-hydrogen) atoms. The van der Waals surface area contributed by atoms with Gasteiger partial charge < -0.3 is 40.9 Å². The molecule has 5 aliphatic carbocycles. The van der Waals surface area contributed by atoms with Crippen LogP contribution in [0, 0.1) is 59.2 Å². The minimum atomic E-state index is 0.0772. The lowest BCUT2D eigenvalue weighted by atomic mass is 9.68. The number of aromatic hydroxyl groups is 8. The molecule has 0 spiro atoms. The van der Waals surface area contributed by atoms with Crippen LogP contribution in [0.1, 0.15) is 348 Å². The van der Waals surface area contributed by atoms with E-state index in [2.05, 4.69) is 174 Å². The van der Waals surface area contributed by atoms with Gasteiger partial charge in [0.15, 0.2) is 0 Å². The molecule has 0 aliphatic heterocycles. The zero-order valence-electron chi connectivity index (χ0n) is 69.5. The molecular weight excluding hydrogens is 1280 g/mol. The fourth-order valence-electron chi connectivity index (χ4n) is 16.9. The first-order valence-electron chi connectivity index (χ1n) is 41.7. The maximum atomic E-state index is 12.0. The zero-order chi connectivity index (χ0) is 77.5. The molecule has 0 radical (unpaired) electrons. The van der Waals surface area contributed by atoms with Gasteiger partial charge in [0.1, 0.15) is 46.0 Å². The molecule has 4 aromatic carbocycles. The van der Waals surface area contributed by atoms with Gasteiger partial charge in [0, 0.05) is 58.1 Å². The van der Waals surface area contributed by atoms with E-state index in [9.17, 15) is 40.9 Å². The first-order chi connectivity index (χ1) is 49.4. The molecule has 582 valence electrons. The SMILES string of the molecule is CC.CC1=CCC(C(C)C)C=C1.CCCCCc1cc(O)c([C@@H]2C=C(C)CCC2C(C)C)c(O)c1.CCCCCc1cc(O)c([C@@H]2C=C(C)CC[C@H]2C(C)C)c(O)c1[C@@H]1C=C(C)CC[C@H]1C(C)C.CCCCCc1cc(O)cc(O)c1.CCCCCc1cc(O)cc(O)c1C1C=C(C)CCC1C(C)C. The summed E-state index contributed by atoms with van der Waals surface area (Å²) < 4.78 is 0. The van der Waals surface area contributed by atoms with Crippen LogP contribution < -0.4 is 0 Å². The van der Waals surface area contributed by atoms with Crippen molar-refractivity contribution < 1.29 is 40.9 Å². The maximum absolute atomic E-state index is 12.0. The van der Waals surface area contributed by atoms with Crippen molar-refractivity contribution in [2.45, 2.75) is 330 Å². The molecule has 9 rings (SSSR count). The maximum Gasteiger partial charge on any atom is 0.127 e. The van der Waals surface area contributed by atoms with E-state index in [0.717, 1.165) is 146 Å². The molecule has 9 atom stereocenters. The second-order valence-corrected chi connectivity index (χ2v) is 33.4. The van der Waals surface area contributed by atoms with Crippen LogP contribution in [0.4, 0.5) is 0 Å². The predicted molar refractivity (Wildman–Crippen MR) is 445 cm³/mol. The molecule has 5 aliphatic rings. The van der Waals surface area contributed by atoms with Crippen LogP contribution in [0.5, 0.6) is 46.0 Å². The van der Waals surface area contributed by atoms with Gasteiger partial charge in [-0.2, -0.15) is 0 Å². The fraction of sp³-hybridized carbons (Fsp3) is 0.625. The molecular formula is C96H150O8. The number of unbranched alkanes of at least 4 members (excludes halogenated alkanes) is 8. The first-order valence-corrected chi connectivity index (χ1v) is 41.7. The Kier molecular flexibility index (Phi) is 39.9. The van der Waals surface area contributed by atoms with E-state index in [1.807, 2.05) is 38.1 Å². The molecule has 0 aromatic heterocycles. The quantitative estimate of drug-likeness (QED) is 0.0240. The highest BCUT2D eigenvalue weighted by Gasteiger charge is 2.38. The van der Waals surface area contributed by atoms with Gasteiger partial charge in [-0.15, -0.1) is 0 Å². The number of rotatable bonds is 25. The van der Waals surface area contributed by atoms with Crippen LogP contribution in [0.15, 0.2) is 119 Å². The molecule has 0 saturated heterocycles. The van der Waals surface area contributed by atoms with Gasteiger partial charge in [-0.3, -0.25) is 0 Å². The molecule has 0 bridgehead atoms. The molecule has 0 amide bonds. The zero-order valence-corrected chi connectivity index (χ0v) is 69.5. The Labute approximate surface area is 635 Å². The highest BCUT2D eigenvalue weighted by molar-refractivity contribution is 5.59. The molecule has 4 unspecified atom stereocenters. The molecule has 8 N–H and O–H groups in total. The van der Waals surface area contributed by atoms with Crippen molar-refractivity contribution in [2.75, 3.05) is 0 Å². The predicted octanol–water partition coefficient (Wildman–Crippen LogP) is 27.9. The van der Waals surface area contributed by atoms with Gasteiger partial charge in [0.05, 0.1) is 0 Å². The highest BCUT2D eigenvalue weighted by Crippen LogP contribution is 2.54. The van der Waals surface area contributed by atoms with Crippen molar-refractivity contribution in [1.82, 2.24) is 0 Å². The molecule has 8 nitrogen and oxygen atoms in total. The number of aryl methyl sites for hydroxylation is 4. The van der Waals surface area contributed by atoms with Crippen molar-refractivity contribution in [2.24, 2.45) is 59.2 Å². The van der Waals surface area contributed by atoms with Crippen LogP contribution in [0.3, 0.4) is 0 Å². The number of hydrogen-bond acceptors (Lipinski definition) is 8. The first kappa shape index (κ1) is 90.1. The van der Waals surface area contributed by atoms with Gasteiger partial charge in [-0.1, -0.05) is 233 Å². The van der Waals surface area contributed by atoms with E-state index < -0.39 is 0 Å². The topological polar surface area (TPSA) is 162 Å². The lowest BCUT2D eigenvalue weighted by Crippen LogP contribution is -2.24. The van der Waals surface area contributed by atoms with E-state index in [1.165, 1.54) is 111 Å². The molecule has 8 heteroatoms. The lowest BCUT2D eigenvalue weighted by Gasteiger charge is -2.37. The van der Waals surface area contributed by atoms with Gasteiger partial charge in [-0.25, -0.2) is 0 Å². The average Bonchev–Trinajstić information content (AvgIpc) is 0.732. The Morgan fingerprint density at radius 3 is 1.04 bits per heavy atom. The summed E-state index contributed by atoms with van der Waals surface area (Å²) in [7, 11) is 0. The Hall–Kier alpha value is -6.28. The van der Waals surface area contributed by atoms with E-state index in [0.29, 0.717) is 58.8 Å². The molecule has 0 fully saturated rings. The van der Waals surface area contributed by atoms with Gasteiger partial charge in [0.2, 0.25) is 0 Å². The Morgan fingerprint density at radius 1 is 0.346 bits per heavy atom. The Morgan fingerprint density at radius 2 is 0.673 bits per heavy atom. The molecule has 4 aromatic rings. The van der Waals surface area contributed by atoms with Gasteiger partial charge in [-0.05, 0) is 262 Å². The summed E-state index contributed by atoms with van der Waals surface area (Å²) in [5.41, 5.74) is 15.0. The molecule has 0 saturated carbocycles. The normalized spacial score (nSPS) is 21.5. The third kappa shape index (κ3) is 27.8. The van der Waals surface area contributed by atoms with Crippen LogP contribution in [-0.4, -0.2) is 40.9 Å². The Bertz CT molecular complexity index is 3350. The van der Waals surface area contributed by atoms with E-state index in [1.54, 1.807) is 12.1 Å². The van der Waals surface area contributed by atoms with E-state index in [4.69, 9.17) is 0 Å². The van der Waals surface area contributed by atoms with Crippen LogP contribution >= 0.6 is 0 Å². The van der Waals surface area contributed by atoms with Crippen molar-refractivity contribution in [3.05, 3.63) is 163 Å². The van der Waals surface area contributed by atoms with E-state index in [-0.39, 0.29) is 58.2 Å². The smallest absolute Gasteiger partial charge is 0.127 e. The van der Waals surface area contributed by atoms with E-state index >= 15 is 0 Å². The average molecular weight is 1430 g/mol. The van der Waals surface area contributed by atoms with Crippen LogP contribution in [0.2, 0.25) is 0 Å². The van der Waals surface area contributed by atoms with Crippen molar-refractivity contribution in [3.63, 3.8) is 0 Å². The minimum absolute atomic E-state index is 0.0772. The second-order valence-electron chi connectivity index (χ2n) is 33.4. The summed E-state index contributed by atoms with van der Waals surface area (Å²) in [6.07, 6.45) is 44.2. The molecule has 0 heterocycles. The summed E-state index contributed by atoms with van der Waals surface area (Å²) in [4.78, 5) is 0. The standard InChI is InChI=1S/C31H48O2.2C21H32O2.C11H16O2.C10H16.C2H6/c1-8-9-10-11-23-18-28(32)30(27-17-22(7)13-15-25(27)20(4)5)31(33)29(23)26-16-21(6)12-14-24(26)19(2)3;1-5-6-7-8-16-12-17(22)13-20(23)21(16)19-11-15(4)9-10-18(19)14(2)3;1-5-6-7-8-16-12-19(22)21(20(23)13-16)18-11-15(4)9-10-17(18)14(2)3;1-2-3-4-5-9-6-10(12)8-11(13)7-9;1-8(2)10-6-4-9(3)5-7-10;1-2/h16-20,24-27,32-33H,8-15H2,1-7H3;11-14,18-19,22-23H,5-10H2,1-4H3;11-14,17-18,22-23H,5-10H2,1-4H3;6-8,12-13H,2-5H2,1H3;4-6,8,10H,7H2,1-3H3;1-2H3/t24-,25-,26+,27+;;17?,18-;;;/m0.1.../s1. The third-order valence-corrected chi connectivity index (χ3v) is 23.2. The van der Waals surface area contributed by atoms with Gasteiger partial charge >= 0.3 is 0 Å². The number of allylic oxidation sites excluding steroid dienone is 12. The summed E-state index contributed by atoms with van der Waals surface area (Å²) in [6, 6.07) is 13.9. The largest absolute Gasteiger partial charge is 0.508 e. The van der Waals surface area contributed by atoms with Crippen molar-refractivity contribution in [1.29, 1.82) is 0 Å². The number of phenols is 8. The van der Waals surface area contributed by atoms with Gasteiger partial charge in [0.25, 0.3) is 0 Å². The lowest BCUT2D eigenvalue weighted by molar-refractivity contribution is 0.295. The Balaban J connectivity index is 0.000000288. The minimum Gasteiger partial charge on any atom is -0.508 e. The summed E-state index contributed by atoms with van der Waals surface area (Å²) in [6.45, 7) is 46.5. The second kappa shape index (κ2) is 46.1. The number of hydrogen-bond donors (Lipinski definition) is 8.